The third kappa shape index (κ3) is 5.62. The number of rotatable bonds is 8. The lowest BCUT2D eigenvalue weighted by Crippen LogP contribution is -2.02. The molecule has 1 aromatic carbocycles. The minimum atomic E-state index is 0.823. The molecule has 1 rings (SSSR count). The van der Waals surface area contributed by atoms with E-state index in [1.807, 2.05) is 13.0 Å². The summed E-state index contributed by atoms with van der Waals surface area (Å²) in [5, 5.41) is 4.26. The van der Waals surface area contributed by atoms with Crippen LogP contribution in [0.2, 0.25) is 5.02 Å². The van der Waals surface area contributed by atoms with E-state index in [1.54, 1.807) is 0 Å². The number of aryl methyl sites for hydroxylation is 1. The zero-order valence-corrected chi connectivity index (χ0v) is 13.7. The van der Waals surface area contributed by atoms with Crippen molar-refractivity contribution >= 4 is 33.2 Å². The fourth-order valence-corrected chi connectivity index (χ4v) is 2.67. The smallest absolute Gasteiger partial charge is 0.0499 e. The zero-order chi connectivity index (χ0) is 13.4. The van der Waals surface area contributed by atoms with Crippen molar-refractivity contribution in [2.45, 2.75) is 52.4 Å². The van der Waals surface area contributed by atoms with E-state index in [9.17, 15) is 0 Å². The van der Waals surface area contributed by atoms with Crippen LogP contribution < -0.4 is 5.32 Å². The summed E-state index contributed by atoms with van der Waals surface area (Å²) in [6.45, 7) is 5.29. The summed E-state index contributed by atoms with van der Waals surface area (Å²) in [4.78, 5) is 0. The van der Waals surface area contributed by atoms with Crippen molar-refractivity contribution in [3.05, 3.63) is 27.2 Å². The molecule has 0 unspecified atom stereocenters. The average molecular weight is 333 g/mol. The summed E-state index contributed by atoms with van der Waals surface area (Å²) >= 11 is 9.69. The quantitative estimate of drug-likeness (QED) is 0.560. The van der Waals surface area contributed by atoms with Crippen LogP contribution in [0.1, 0.15) is 51.0 Å². The van der Waals surface area contributed by atoms with Gasteiger partial charge in [-0.3, -0.25) is 0 Å². The van der Waals surface area contributed by atoms with Gasteiger partial charge in [0, 0.05) is 21.7 Å². The molecule has 1 N–H and O–H groups in total. The lowest BCUT2D eigenvalue weighted by atomic mass is 10.1. The number of anilines is 1. The second kappa shape index (κ2) is 8.82. The van der Waals surface area contributed by atoms with Crippen LogP contribution in [0.5, 0.6) is 0 Å². The Morgan fingerprint density at radius 1 is 1.11 bits per heavy atom. The summed E-state index contributed by atoms with van der Waals surface area (Å²) in [6.07, 6.45) is 7.94. The first-order valence-corrected chi connectivity index (χ1v) is 8.01. The average Bonchev–Trinajstić information content (AvgIpc) is 2.34. The molecule has 0 aliphatic heterocycles. The van der Waals surface area contributed by atoms with Gasteiger partial charge < -0.3 is 5.32 Å². The first-order valence-electron chi connectivity index (χ1n) is 6.84. The Morgan fingerprint density at radius 2 is 1.78 bits per heavy atom. The molecule has 0 atom stereocenters. The number of hydrogen-bond acceptors (Lipinski definition) is 1. The van der Waals surface area contributed by atoms with Gasteiger partial charge in [-0.1, -0.05) is 50.6 Å². The van der Waals surface area contributed by atoms with Crippen LogP contribution in [0.4, 0.5) is 5.69 Å². The van der Waals surface area contributed by atoms with Gasteiger partial charge in [-0.05, 0) is 47.0 Å². The van der Waals surface area contributed by atoms with Crippen LogP contribution >= 0.6 is 27.5 Å². The molecule has 0 saturated carbocycles. The third-order valence-corrected chi connectivity index (χ3v) is 4.16. The normalized spacial score (nSPS) is 10.7. The number of halogens is 2. The van der Waals surface area contributed by atoms with E-state index in [4.69, 9.17) is 11.6 Å². The van der Waals surface area contributed by atoms with Crippen molar-refractivity contribution in [3.63, 3.8) is 0 Å². The molecule has 1 nitrogen and oxygen atoms in total. The molecule has 0 saturated heterocycles. The van der Waals surface area contributed by atoms with E-state index < -0.39 is 0 Å². The van der Waals surface area contributed by atoms with Gasteiger partial charge in [0.1, 0.15) is 0 Å². The molecular formula is C15H23BrClN. The van der Waals surface area contributed by atoms with Crippen LogP contribution in [-0.4, -0.2) is 6.54 Å². The maximum Gasteiger partial charge on any atom is 0.0499 e. The van der Waals surface area contributed by atoms with E-state index in [0.29, 0.717) is 0 Å². The fourth-order valence-electron chi connectivity index (χ4n) is 1.91. The lowest BCUT2D eigenvalue weighted by Gasteiger charge is -2.10. The van der Waals surface area contributed by atoms with Crippen molar-refractivity contribution < 1.29 is 0 Å². The monoisotopic (exact) mass is 331 g/mol. The predicted octanol–water partition coefficient (Wildman–Crippen LogP) is 6.18. The topological polar surface area (TPSA) is 12.0 Å². The van der Waals surface area contributed by atoms with Crippen molar-refractivity contribution in [2.75, 3.05) is 11.9 Å². The number of benzene rings is 1. The third-order valence-electron chi connectivity index (χ3n) is 3.09. The fraction of sp³-hybridized carbons (Fsp3) is 0.600. The summed E-state index contributed by atoms with van der Waals surface area (Å²) in [5.74, 6) is 0. The molecule has 0 aliphatic carbocycles. The molecule has 0 radical (unpaired) electrons. The first kappa shape index (κ1) is 15.8. The van der Waals surface area contributed by atoms with Gasteiger partial charge in [-0.25, -0.2) is 0 Å². The Bertz CT molecular complexity index is 366. The van der Waals surface area contributed by atoms with Gasteiger partial charge in [0.2, 0.25) is 0 Å². The summed E-state index contributed by atoms with van der Waals surface area (Å²) in [7, 11) is 0. The summed E-state index contributed by atoms with van der Waals surface area (Å²) in [5.41, 5.74) is 2.20. The highest BCUT2D eigenvalue weighted by atomic mass is 79.9. The lowest BCUT2D eigenvalue weighted by molar-refractivity contribution is 0.617. The summed E-state index contributed by atoms with van der Waals surface area (Å²) in [6, 6.07) is 4.06. The molecule has 0 fully saturated rings. The van der Waals surface area contributed by atoms with E-state index in [-0.39, 0.29) is 0 Å². The minimum absolute atomic E-state index is 0.823. The minimum Gasteiger partial charge on any atom is -0.384 e. The van der Waals surface area contributed by atoms with Crippen LogP contribution in [0.15, 0.2) is 16.6 Å². The number of nitrogens with one attached hydrogen (secondary N) is 1. The van der Waals surface area contributed by atoms with Crippen molar-refractivity contribution in [1.29, 1.82) is 0 Å². The second-order valence-electron chi connectivity index (χ2n) is 4.78. The highest BCUT2D eigenvalue weighted by molar-refractivity contribution is 9.10. The maximum absolute atomic E-state index is 6.12. The standard InChI is InChI=1S/C15H23BrClN/c1-3-4-5-6-7-8-9-18-15-11-14(17)12(2)10-13(15)16/h10-11,18H,3-9H2,1-2H3. The van der Waals surface area contributed by atoms with Crippen molar-refractivity contribution in [1.82, 2.24) is 0 Å². The number of unbranched alkanes of at least 4 members (excludes halogenated alkanes) is 5. The predicted molar refractivity (Wildman–Crippen MR) is 85.8 cm³/mol. The van der Waals surface area contributed by atoms with Crippen LogP contribution in [0.25, 0.3) is 0 Å². The SMILES string of the molecule is CCCCCCCCNc1cc(Cl)c(C)cc1Br. The van der Waals surface area contributed by atoms with Gasteiger partial charge in [0.25, 0.3) is 0 Å². The van der Waals surface area contributed by atoms with E-state index in [1.165, 1.54) is 38.5 Å². The van der Waals surface area contributed by atoms with E-state index in [2.05, 4.69) is 34.2 Å². The molecule has 0 bridgehead atoms. The van der Waals surface area contributed by atoms with Crippen LogP contribution in [0.3, 0.4) is 0 Å². The van der Waals surface area contributed by atoms with E-state index in [0.717, 1.165) is 27.3 Å². The molecule has 0 spiro atoms. The highest BCUT2D eigenvalue weighted by Crippen LogP contribution is 2.29. The van der Waals surface area contributed by atoms with Gasteiger partial charge in [-0.2, -0.15) is 0 Å². The Hall–Kier alpha value is -0.210. The van der Waals surface area contributed by atoms with Gasteiger partial charge in [-0.15, -0.1) is 0 Å². The van der Waals surface area contributed by atoms with Gasteiger partial charge >= 0.3 is 0 Å². The van der Waals surface area contributed by atoms with Crippen molar-refractivity contribution in [3.8, 4) is 0 Å². The largest absolute Gasteiger partial charge is 0.384 e. The molecule has 1 aromatic rings. The van der Waals surface area contributed by atoms with Crippen LogP contribution in [0, 0.1) is 6.92 Å². The molecule has 18 heavy (non-hydrogen) atoms. The molecule has 0 aliphatic rings. The Kier molecular flexibility index (Phi) is 7.76. The highest BCUT2D eigenvalue weighted by Gasteiger charge is 2.03. The zero-order valence-electron chi connectivity index (χ0n) is 11.4. The Morgan fingerprint density at radius 3 is 2.50 bits per heavy atom. The maximum atomic E-state index is 6.12. The summed E-state index contributed by atoms with van der Waals surface area (Å²) < 4.78 is 1.09. The molecule has 0 aromatic heterocycles. The Labute approximate surface area is 124 Å². The van der Waals surface area contributed by atoms with Gasteiger partial charge in [0.05, 0.1) is 0 Å². The number of hydrogen-bond donors (Lipinski definition) is 1. The molecule has 102 valence electrons. The molecule has 0 amide bonds. The van der Waals surface area contributed by atoms with Crippen molar-refractivity contribution in [2.24, 2.45) is 0 Å². The molecular weight excluding hydrogens is 310 g/mol. The van der Waals surface area contributed by atoms with Gasteiger partial charge in [0.15, 0.2) is 0 Å². The molecule has 3 heteroatoms. The molecule has 0 heterocycles. The second-order valence-corrected chi connectivity index (χ2v) is 6.04. The van der Waals surface area contributed by atoms with Crippen LogP contribution in [-0.2, 0) is 0 Å². The Balaban J connectivity index is 2.25. The first-order chi connectivity index (χ1) is 8.65. The van der Waals surface area contributed by atoms with E-state index >= 15 is 0 Å².